The highest BCUT2D eigenvalue weighted by Gasteiger charge is 2.62. The summed E-state index contributed by atoms with van der Waals surface area (Å²) < 4.78 is 0. The largest absolute Gasteiger partial charge is 0.387 e. The average molecular weight is 459 g/mol. The van der Waals surface area contributed by atoms with E-state index in [2.05, 4.69) is 95.3 Å². The Bertz CT molecular complexity index is 1320. The van der Waals surface area contributed by atoms with Gasteiger partial charge >= 0.3 is 0 Å². The molecule has 0 radical (unpaired) electrons. The molecule has 34 heavy (non-hydrogen) atoms. The van der Waals surface area contributed by atoms with E-state index in [0.717, 1.165) is 34.7 Å². The molecule has 1 fully saturated rings. The van der Waals surface area contributed by atoms with Gasteiger partial charge in [0, 0.05) is 44.5 Å². The number of aliphatic hydroxyl groups is 1. The summed E-state index contributed by atoms with van der Waals surface area (Å²) in [6.45, 7) is 19.6. The molecule has 1 aromatic carbocycles. The van der Waals surface area contributed by atoms with Gasteiger partial charge in [-0.25, -0.2) is 0 Å². The van der Waals surface area contributed by atoms with Gasteiger partial charge in [0.2, 0.25) is 0 Å². The second-order valence-corrected chi connectivity index (χ2v) is 11.8. The third-order valence-electron chi connectivity index (χ3n) is 8.69. The fourth-order valence-electron chi connectivity index (χ4n) is 6.86. The highest BCUT2D eigenvalue weighted by molar-refractivity contribution is 6.26. The van der Waals surface area contributed by atoms with Crippen molar-refractivity contribution in [3.8, 4) is 0 Å². The predicted molar refractivity (Wildman–Crippen MR) is 140 cm³/mol. The van der Waals surface area contributed by atoms with Crippen molar-refractivity contribution in [3.63, 3.8) is 0 Å². The zero-order valence-corrected chi connectivity index (χ0v) is 21.6. The van der Waals surface area contributed by atoms with Crippen molar-refractivity contribution in [2.45, 2.75) is 84.4 Å². The van der Waals surface area contributed by atoms with E-state index >= 15 is 0 Å². The molecular formula is C30H38N2O2. The number of carbonyl (C=O) groups excluding carboxylic acids is 1. The fraction of sp³-hybridized carbons (Fsp3) is 0.500. The number of rotatable bonds is 2. The van der Waals surface area contributed by atoms with E-state index in [0.29, 0.717) is 11.5 Å². The summed E-state index contributed by atoms with van der Waals surface area (Å²) in [4.78, 5) is 19.8. The first-order chi connectivity index (χ1) is 15.9. The van der Waals surface area contributed by atoms with Crippen LogP contribution in [0.1, 0.15) is 70.9 Å². The Hall–Kier alpha value is -2.59. The summed E-state index contributed by atoms with van der Waals surface area (Å²) >= 11 is 0. The molecule has 3 aliphatic rings. The standard InChI is InChI=1S/C30H38N2O2/c1-9-19-11-13-23-21(15-19)30(8,18(4)32(23)29(5,6)7)26-27(33)25(28(26)34)24-17(3)31-22-12-10-16(2)14-20(22)24/h10-13,15-16,18,26-27,31,33H,3,9,14H2,1-2,4-8H3/b25-24+. The molecule has 5 rings (SSSR count). The fourth-order valence-corrected chi connectivity index (χ4v) is 6.86. The first kappa shape index (κ1) is 23.2. The molecule has 2 N–H and O–H groups in total. The number of aliphatic hydroxyl groups excluding tert-OH is 1. The van der Waals surface area contributed by atoms with Crippen LogP contribution in [0.4, 0.5) is 5.69 Å². The van der Waals surface area contributed by atoms with Crippen LogP contribution in [0.2, 0.25) is 0 Å². The smallest absolute Gasteiger partial charge is 0.169 e. The number of anilines is 1. The minimum atomic E-state index is -0.806. The van der Waals surface area contributed by atoms with Crippen molar-refractivity contribution < 1.29 is 9.90 Å². The summed E-state index contributed by atoms with van der Waals surface area (Å²) in [6, 6.07) is 6.75. The minimum Gasteiger partial charge on any atom is -0.387 e. The Kier molecular flexibility index (Phi) is 5.08. The summed E-state index contributed by atoms with van der Waals surface area (Å²) in [5.41, 5.74) is 5.73. The molecule has 4 heteroatoms. The van der Waals surface area contributed by atoms with Crippen LogP contribution >= 0.6 is 0 Å². The number of nitrogens with one attached hydrogen (secondary N) is 1. The van der Waals surface area contributed by atoms with Crippen LogP contribution in [-0.2, 0) is 23.1 Å². The van der Waals surface area contributed by atoms with Crippen LogP contribution in [0.3, 0.4) is 0 Å². The number of aromatic amines is 1. The number of carbonyl (C=O) groups is 1. The third kappa shape index (κ3) is 2.97. The first-order valence-corrected chi connectivity index (χ1v) is 12.7. The summed E-state index contributed by atoms with van der Waals surface area (Å²) in [5, 5.41) is 13.2. The van der Waals surface area contributed by atoms with Crippen molar-refractivity contribution in [3.05, 3.63) is 57.2 Å². The van der Waals surface area contributed by atoms with Gasteiger partial charge in [-0.05, 0) is 75.3 Å². The minimum absolute atomic E-state index is 0.0689. The van der Waals surface area contributed by atoms with Gasteiger partial charge in [-0.1, -0.05) is 45.6 Å². The van der Waals surface area contributed by atoms with Crippen LogP contribution < -0.4 is 15.5 Å². The highest BCUT2D eigenvalue weighted by Crippen LogP contribution is 2.56. The average Bonchev–Trinajstić information content (AvgIpc) is 3.19. The van der Waals surface area contributed by atoms with Crippen LogP contribution in [0.25, 0.3) is 18.2 Å². The molecule has 5 unspecified atom stereocenters. The Morgan fingerprint density at radius 1 is 1.26 bits per heavy atom. The molecule has 1 aromatic heterocycles. The predicted octanol–water partition coefficient (Wildman–Crippen LogP) is 3.87. The lowest BCUT2D eigenvalue weighted by molar-refractivity contribution is -0.130. The maximum Gasteiger partial charge on any atom is 0.169 e. The summed E-state index contributed by atoms with van der Waals surface area (Å²) in [5.74, 6) is -0.00574. The van der Waals surface area contributed by atoms with E-state index in [1.54, 1.807) is 0 Å². The van der Waals surface area contributed by atoms with Crippen LogP contribution in [0.5, 0.6) is 0 Å². The van der Waals surface area contributed by atoms with Gasteiger partial charge in [0.05, 0.1) is 12.0 Å². The number of benzene rings is 1. The third-order valence-corrected chi connectivity index (χ3v) is 8.69. The van der Waals surface area contributed by atoms with E-state index in [9.17, 15) is 9.90 Å². The van der Waals surface area contributed by atoms with Gasteiger partial charge in [-0.15, -0.1) is 0 Å². The zero-order valence-electron chi connectivity index (χ0n) is 21.6. The number of Topliss-reactive ketones (excluding diaryl/α,β-unsaturated/α-hetero) is 1. The Morgan fingerprint density at radius 2 is 1.97 bits per heavy atom. The number of fused-ring (bicyclic) bond motifs is 2. The quantitative estimate of drug-likeness (QED) is 0.718. The molecule has 1 aliphatic heterocycles. The normalized spacial score (nSPS) is 32.0. The SMILES string of the molecule is C=c1[nH]c2c(/c1=C1/C(=O)C(C3(C)c4cc(CC)ccc4N(C(C)(C)C)C3C)C1O)CC(C)C=C2. The molecule has 0 spiro atoms. The number of nitrogens with zero attached hydrogens (tertiary/aromatic N) is 1. The monoisotopic (exact) mass is 458 g/mol. The van der Waals surface area contributed by atoms with Gasteiger partial charge in [-0.3, -0.25) is 4.79 Å². The second-order valence-electron chi connectivity index (χ2n) is 11.8. The van der Waals surface area contributed by atoms with E-state index in [1.807, 2.05) is 0 Å². The lowest BCUT2D eigenvalue weighted by Gasteiger charge is -2.49. The Labute approximate surface area is 203 Å². The molecule has 180 valence electrons. The Balaban J connectivity index is 1.67. The lowest BCUT2D eigenvalue weighted by atomic mass is 9.56. The molecule has 0 saturated heterocycles. The molecule has 1 saturated carbocycles. The van der Waals surface area contributed by atoms with E-state index in [1.165, 1.54) is 16.8 Å². The van der Waals surface area contributed by atoms with Gasteiger partial charge < -0.3 is 15.0 Å². The summed E-state index contributed by atoms with van der Waals surface area (Å²) in [6.07, 6.45) is 5.26. The maximum atomic E-state index is 14.0. The van der Waals surface area contributed by atoms with Crippen molar-refractivity contribution in [2.24, 2.45) is 11.8 Å². The number of ketones is 1. The van der Waals surface area contributed by atoms with Gasteiger partial charge in [-0.2, -0.15) is 0 Å². The number of hydrogen-bond acceptors (Lipinski definition) is 3. The van der Waals surface area contributed by atoms with Crippen molar-refractivity contribution in [1.82, 2.24) is 4.98 Å². The number of H-pyrrole nitrogens is 1. The molecule has 0 bridgehead atoms. The number of aromatic nitrogens is 1. The maximum absolute atomic E-state index is 14.0. The van der Waals surface area contributed by atoms with Gasteiger partial charge in [0.15, 0.2) is 5.78 Å². The second kappa shape index (κ2) is 7.45. The topological polar surface area (TPSA) is 56.3 Å². The van der Waals surface area contributed by atoms with E-state index < -0.39 is 17.4 Å². The molecule has 4 nitrogen and oxygen atoms in total. The zero-order chi connectivity index (χ0) is 24.7. The molecule has 5 atom stereocenters. The lowest BCUT2D eigenvalue weighted by Crippen LogP contribution is -2.62. The molecule has 2 aliphatic carbocycles. The van der Waals surface area contributed by atoms with E-state index in [4.69, 9.17) is 0 Å². The van der Waals surface area contributed by atoms with Crippen molar-refractivity contribution in [1.29, 1.82) is 0 Å². The van der Waals surface area contributed by atoms with Crippen molar-refractivity contribution in [2.75, 3.05) is 4.90 Å². The Morgan fingerprint density at radius 3 is 2.59 bits per heavy atom. The summed E-state index contributed by atoms with van der Waals surface area (Å²) in [7, 11) is 0. The van der Waals surface area contributed by atoms with Crippen LogP contribution in [-0.4, -0.2) is 33.6 Å². The van der Waals surface area contributed by atoms with Gasteiger partial charge in [0.1, 0.15) is 0 Å². The number of hydrogen-bond donors (Lipinski definition) is 2. The first-order valence-electron chi connectivity index (χ1n) is 12.7. The number of aryl methyl sites for hydroxylation is 1. The van der Waals surface area contributed by atoms with E-state index in [-0.39, 0.29) is 17.4 Å². The van der Waals surface area contributed by atoms with Crippen LogP contribution in [0, 0.1) is 11.8 Å². The molecule has 2 aromatic rings. The van der Waals surface area contributed by atoms with Crippen LogP contribution in [0.15, 0.2) is 24.3 Å². The number of allylic oxidation sites excluding steroid dienone is 1. The molecule has 2 heterocycles. The molecule has 0 amide bonds. The van der Waals surface area contributed by atoms with Gasteiger partial charge in [0.25, 0.3) is 0 Å². The van der Waals surface area contributed by atoms with Crippen molar-refractivity contribution >= 4 is 29.7 Å². The molecular weight excluding hydrogens is 420 g/mol. The highest BCUT2D eigenvalue weighted by atomic mass is 16.3.